The first kappa shape index (κ1) is 13.3. The van der Waals surface area contributed by atoms with Gasteiger partial charge in [0, 0.05) is 12.0 Å². The molecule has 1 aliphatic heterocycles. The van der Waals surface area contributed by atoms with Crippen LogP contribution in [-0.4, -0.2) is 18.9 Å². The first-order valence-electron chi connectivity index (χ1n) is 6.98. The van der Waals surface area contributed by atoms with Gasteiger partial charge in [-0.25, -0.2) is 0 Å². The average molecular weight is 245 g/mol. The van der Waals surface area contributed by atoms with Crippen molar-refractivity contribution in [3.63, 3.8) is 0 Å². The number of carbonyl (C=O) groups is 1. The van der Waals surface area contributed by atoms with Gasteiger partial charge in [-0.15, -0.1) is 0 Å². The van der Waals surface area contributed by atoms with Crippen molar-refractivity contribution >= 4 is 5.78 Å². The molecule has 2 nitrogen and oxygen atoms in total. The van der Waals surface area contributed by atoms with Crippen molar-refractivity contribution in [1.82, 2.24) is 5.32 Å². The monoisotopic (exact) mass is 245 g/mol. The van der Waals surface area contributed by atoms with Crippen molar-refractivity contribution in [2.45, 2.75) is 39.5 Å². The molecule has 0 radical (unpaired) electrons. The van der Waals surface area contributed by atoms with Gasteiger partial charge in [0.05, 0.1) is 0 Å². The Bertz CT molecular complexity index is 419. The van der Waals surface area contributed by atoms with E-state index < -0.39 is 0 Å². The highest BCUT2D eigenvalue weighted by Crippen LogP contribution is 2.19. The molecule has 1 aromatic rings. The average Bonchev–Trinajstić information content (AvgIpc) is 2.37. The predicted octanol–water partition coefficient (Wildman–Crippen LogP) is 3.27. The molecule has 0 amide bonds. The van der Waals surface area contributed by atoms with Gasteiger partial charge in [-0.2, -0.15) is 0 Å². The number of benzene rings is 1. The zero-order valence-electron chi connectivity index (χ0n) is 11.5. The van der Waals surface area contributed by atoms with Crippen LogP contribution in [0.1, 0.15) is 47.2 Å². The molecule has 18 heavy (non-hydrogen) atoms. The van der Waals surface area contributed by atoms with Crippen LogP contribution in [-0.2, 0) is 0 Å². The SMILES string of the molecule is Cc1ccc(C(=O)CCC2CCCNC2)c(C)c1. The van der Waals surface area contributed by atoms with Crippen molar-refractivity contribution in [1.29, 1.82) is 0 Å². The summed E-state index contributed by atoms with van der Waals surface area (Å²) in [7, 11) is 0. The van der Waals surface area contributed by atoms with Gasteiger partial charge in [-0.3, -0.25) is 4.79 Å². The minimum Gasteiger partial charge on any atom is -0.316 e. The molecule has 1 heterocycles. The van der Waals surface area contributed by atoms with Crippen LogP contribution in [0.3, 0.4) is 0 Å². The molecule has 1 aliphatic rings. The van der Waals surface area contributed by atoms with Gasteiger partial charge in [-0.1, -0.05) is 23.8 Å². The Labute approximate surface area is 110 Å². The van der Waals surface area contributed by atoms with E-state index in [9.17, 15) is 4.79 Å². The quantitative estimate of drug-likeness (QED) is 0.825. The molecule has 0 spiro atoms. The summed E-state index contributed by atoms with van der Waals surface area (Å²) in [5.74, 6) is 0.992. The Balaban J connectivity index is 1.90. The molecule has 0 saturated carbocycles. The number of ketones is 1. The number of rotatable bonds is 4. The molecule has 2 rings (SSSR count). The van der Waals surface area contributed by atoms with Crippen molar-refractivity contribution < 1.29 is 4.79 Å². The largest absolute Gasteiger partial charge is 0.316 e. The summed E-state index contributed by atoms with van der Waals surface area (Å²) in [6.07, 6.45) is 4.24. The van der Waals surface area contributed by atoms with E-state index in [2.05, 4.69) is 18.3 Å². The Morgan fingerprint density at radius 3 is 2.89 bits per heavy atom. The second-order valence-electron chi connectivity index (χ2n) is 5.49. The summed E-state index contributed by atoms with van der Waals surface area (Å²) < 4.78 is 0. The molecular formula is C16H23NO. The molecule has 1 aromatic carbocycles. The molecule has 1 saturated heterocycles. The lowest BCUT2D eigenvalue weighted by atomic mass is 9.91. The van der Waals surface area contributed by atoms with Crippen molar-refractivity contribution in [2.75, 3.05) is 13.1 Å². The van der Waals surface area contributed by atoms with E-state index in [1.807, 2.05) is 19.1 Å². The van der Waals surface area contributed by atoms with E-state index in [-0.39, 0.29) is 0 Å². The van der Waals surface area contributed by atoms with Crippen LogP contribution in [0.25, 0.3) is 0 Å². The molecule has 2 heteroatoms. The van der Waals surface area contributed by atoms with Crippen molar-refractivity contribution in [3.05, 3.63) is 34.9 Å². The number of nitrogens with one attached hydrogen (secondary N) is 1. The Morgan fingerprint density at radius 1 is 1.39 bits per heavy atom. The third-order valence-corrected chi connectivity index (χ3v) is 3.86. The van der Waals surface area contributed by atoms with E-state index in [0.29, 0.717) is 18.1 Å². The predicted molar refractivity (Wildman–Crippen MR) is 75.1 cm³/mol. The molecular weight excluding hydrogens is 222 g/mol. The van der Waals surface area contributed by atoms with Gasteiger partial charge < -0.3 is 5.32 Å². The van der Waals surface area contributed by atoms with E-state index in [4.69, 9.17) is 0 Å². The maximum absolute atomic E-state index is 12.2. The molecule has 1 unspecified atom stereocenters. The van der Waals surface area contributed by atoms with E-state index >= 15 is 0 Å². The number of Topliss-reactive ketones (excluding diaryl/α,β-unsaturated/α-hetero) is 1. The minimum absolute atomic E-state index is 0.304. The normalized spacial score (nSPS) is 19.8. The molecule has 1 N–H and O–H groups in total. The van der Waals surface area contributed by atoms with Gasteiger partial charge in [0.15, 0.2) is 5.78 Å². The summed E-state index contributed by atoms with van der Waals surface area (Å²) >= 11 is 0. The highest BCUT2D eigenvalue weighted by molar-refractivity contribution is 5.97. The fourth-order valence-electron chi connectivity index (χ4n) is 2.77. The number of aryl methyl sites for hydroxylation is 2. The summed E-state index contributed by atoms with van der Waals surface area (Å²) in [5, 5.41) is 3.41. The smallest absolute Gasteiger partial charge is 0.163 e. The van der Waals surface area contributed by atoms with Gasteiger partial charge in [0.25, 0.3) is 0 Å². The van der Waals surface area contributed by atoms with Crippen LogP contribution < -0.4 is 5.32 Å². The second kappa shape index (κ2) is 6.14. The van der Waals surface area contributed by atoms with Crippen LogP contribution >= 0.6 is 0 Å². The zero-order valence-corrected chi connectivity index (χ0v) is 11.5. The van der Waals surface area contributed by atoms with Crippen LogP contribution in [0, 0.1) is 19.8 Å². The summed E-state index contributed by atoms with van der Waals surface area (Å²) in [6, 6.07) is 6.10. The lowest BCUT2D eigenvalue weighted by Gasteiger charge is -2.22. The van der Waals surface area contributed by atoms with Gasteiger partial charge in [0.1, 0.15) is 0 Å². The van der Waals surface area contributed by atoms with Gasteiger partial charge in [-0.05, 0) is 57.7 Å². The molecule has 98 valence electrons. The highest BCUT2D eigenvalue weighted by atomic mass is 16.1. The molecule has 0 aromatic heterocycles. The lowest BCUT2D eigenvalue weighted by molar-refractivity contribution is 0.0971. The van der Waals surface area contributed by atoms with Gasteiger partial charge >= 0.3 is 0 Å². The molecule has 1 fully saturated rings. The van der Waals surface area contributed by atoms with Gasteiger partial charge in [0.2, 0.25) is 0 Å². The Kier molecular flexibility index (Phi) is 4.54. The summed E-state index contributed by atoms with van der Waals surface area (Å²) in [4.78, 5) is 12.2. The van der Waals surface area contributed by atoms with Crippen molar-refractivity contribution in [2.24, 2.45) is 5.92 Å². The van der Waals surface area contributed by atoms with E-state index in [0.717, 1.165) is 30.6 Å². The molecule has 0 bridgehead atoms. The molecule has 0 aliphatic carbocycles. The third kappa shape index (κ3) is 3.42. The fourth-order valence-corrected chi connectivity index (χ4v) is 2.77. The van der Waals surface area contributed by atoms with Crippen LogP contribution in [0.2, 0.25) is 0 Å². The number of hydrogen-bond donors (Lipinski definition) is 1. The van der Waals surface area contributed by atoms with Crippen LogP contribution in [0.5, 0.6) is 0 Å². The van der Waals surface area contributed by atoms with Crippen molar-refractivity contribution in [3.8, 4) is 0 Å². The standard InChI is InChI=1S/C16H23NO/c1-12-5-7-15(13(2)10-12)16(18)8-6-14-4-3-9-17-11-14/h5,7,10,14,17H,3-4,6,8-9,11H2,1-2H3. The third-order valence-electron chi connectivity index (χ3n) is 3.86. The minimum atomic E-state index is 0.304. The maximum atomic E-state index is 12.2. The summed E-state index contributed by atoms with van der Waals surface area (Å²) in [6.45, 7) is 6.32. The Morgan fingerprint density at radius 2 is 2.22 bits per heavy atom. The Hall–Kier alpha value is -1.15. The number of hydrogen-bond acceptors (Lipinski definition) is 2. The number of piperidine rings is 1. The maximum Gasteiger partial charge on any atom is 0.163 e. The lowest BCUT2D eigenvalue weighted by Crippen LogP contribution is -2.30. The molecule has 1 atom stereocenters. The van der Waals surface area contributed by atoms with Crippen LogP contribution in [0.4, 0.5) is 0 Å². The second-order valence-corrected chi connectivity index (χ2v) is 5.49. The fraction of sp³-hybridized carbons (Fsp3) is 0.562. The first-order valence-corrected chi connectivity index (χ1v) is 6.98. The topological polar surface area (TPSA) is 29.1 Å². The first-order chi connectivity index (χ1) is 8.66. The highest BCUT2D eigenvalue weighted by Gasteiger charge is 2.16. The number of carbonyl (C=O) groups excluding carboxylic acids is 1. The van der Waals surface area contributed by atoms with E-state index in [1.165, 1.54) is 18.4 Å². The summed E-state index contributed by atoms with van der Waals surface area (Å²) in [5.41, 5.74) is 3.24. The van der Waals surface area contributed by atoms with E-state index in [1.54, 1.807) is 0 Å². The van der Waals surface area contributed by atoms with Crippen LogP contribution in [0.15, 0.2) is 18.2 Å². The zero-order chi connectivity index (χ0) is 13.0.